The van der Waals surface area contributed by atoms with Gasteiger partial charge >= 0.3 is 0 Å². The lowest BCUT2D eigenvalue weighted by molar-refractivity contribution is 0.956. The van der Waals surface area contributed by atoms with Crippen molar-refractivity contribution in [3.05, 3.63) is 23.8 Å². The molecule has 1 N–H and O–H groups in total. The van der Waals surface area contributed by atoms with Crippen LogP contribution < -0.4 is 10.2 Å². The van der Waals surface area contributed by atoms with Crippen LogP contribution in [0.1, 0.15) is 5.56 Å². The fraction of sp³-hybridized carbons (Fsp3) is 0.364. The zero-order valence-corrected chi connectivity index (χ0v) is 8.25. The standard InChI is InChI=1S/C11H13N3/c1-14-7-4-9-8-10(13-6-5-12)2-3-11(9)14/h2-3,8,13H,4,6-7H2,1H3. The van der Waals surface area contributed by atoms with E-state index in [4.69, 9.17) is 5.26 Å². The van der Waals surface area contributed by atoms with Gasteiger partial charge < -0.3 is 10.2 Å². The molecule has 0 radical (unpaired) electrons. The number of likely N-dealkylation sites (N-methyl/N-ethyl adjacent to an activating group) is 1. The molecule has 72 valence electrons. The summed E-state index contributed by atoms with van der Waals surface area (Å²) in [5, 5.41) is 11.5. The molecular formula is C11H13N3. The summed E-state index contributed by atoms with van der Waals surface area (Å²) in [5.74, 6) is 0. The van der Waals surface area contributed by atoms with Crippen molar-refractivity contribution in [1.29, 1.82) is 5.26 Å². The first kappa shape index (κ1) is 8.89. The Morgan fingerprint density at radius 3 is 3.21 bits per heavy atom. The van der Waals surface area contributed by atoms with Gasteiger partial charge in [-0.05, 0) is 30.2 Å². The number of rotatable bonds is 2. The molecule has 0 aliphatic carbocycles. The second-order valence-electron chi connectivity index (χ2n) is 3.53. The monoisotopic (exact) mass is 187 g/mol. The predicted octanol–water partition coefficient (Wildman–Crippen LogP) is 1.61. The number of hydrogen-bond donors (Lipinski definition) is 1. The Morgan fingerprint density at radius 2 is 2.43 bits per heavy atom. The van der Waals surface area contributed by atoms with Gasteiger partial charge in [-0.1, -0.05) is 0 Å². The SMILES string of the molecule is CN1CCc2cc(NCC#N)ccc21. The second-order valence-corrected chi connectivity index (χ2v) is 3.53. The van der Waals surface area contributed by atoms with Gasteiger partial charge in [-0.15, -0.1) is 0 Å². The van der Waals surface area contributed by atoms with E-state index in [1.807, 2.05) is 6.07 Å². The van der Waals surface area contributed by atoms with Crippen molar-refractivity contribution in [1.82, 2.24) is 0 Å². The van der Waals surface area contributed by atoms with Crippen LogP contribution in [0.3, 0.4) is 0 Å². The molecule has 0 atom stereocenters. The second kappa shape index (κ2) is 3.59. The van der Waals surface area contributed by atoms with Crippen LogP contribution in [-0.4, -0.2) is 20.1 Å². The van der Waals surface area contributed by atoms with Gasteiger partial charge in [-0.2, -0.15) is 5.26 Å². The van der Waals surface area contributed by atoms with Gasteiger partial charge in [0.25, 0.3) is 0 Å². The molecule has 0 spiro atoms. The summed E-state index contributed by atoms with van der Waals surface area (Å²) >= 11 is 0. The topological polar surface area (TPSA) is 39.1 Å². The van der Waals surface area contributed by atoms with E-state index in [2.05, 4.69) is 35.5 Å². The molecule has 1 aliphatic rings. The molecule has 1 aromatic carbocycles. The van der Waals surface area contributed by atoms with Crippen LogP contribution in [0.15, 0.2) is 18.2 Å². The molecule has 1 aliphatic heterocycles. The molecule has 3 heteroatoms. The van der Waals surface area contributed by atoms with Crippen LogP contribution in [0.4, 0.5) is 11.4 Å². The first-order valence-electron chi connectivity index (χ1n) is 4.76. The van der Waals surface area contributed by atoms with Crippen LogP contribution in [-0.2, 0) is 6.42 Å². The Balaban J connectivity index is 2.20. The summed E-state index contributed by atoms with van der Waals surface area (Å²) in [6.07, 6.45) is 1.11. The maximum absolute atomic E-state index is 8.44. The van der Waals surface area contributed by atoms with Crippen LogP contribution in [0, 0.1) is 11.3 Å². The smallest absolute Gasteiger partial charge is 0.103 e. The van der Waals surface area contributed by atoms with Crippen LogP contribution in [0.2, 0.25) is 0 Å². The van der Waals surface area contributed by atoms with Gasteiger partial charge in [-0.3, -0.25) is 0 Å². The summed E-state index contributed by atoms with van der Waals surface area (Å²) in [6, 6.07) is 8.35. The highest BCUT2D eigenvalue weighted by Crippen LogP contribution is 2.28. The van der Waals surface area contributed by atoms with Crippen LogP contribution >= 0.6 is 0 Å². The minimum Gasteiger partial charge on any atom is -0.374 e. The lowest BCUT2D eigenvalue weighted by Gasteiger charge is -2.12. The lowest BCUT2D eigenvalue weighted by Crippen LogP contribution is -2.12. The molecule has 0 bridgehead atoms. The number of nitriles is 1. The van der Waals surface area contributed by atoms with Crippen molar-refractivity contribution in [3.63, 3.8) is 0 Å². The minimum absolute atomic E-state index is 0.370. The number of benzene rings is 1. The third kappa shape index (κ3) is 1.51. The van der Waals surface area contributed by atoms with Crippen molar-refractivity contribution >= 4 is 11.4 Å². The average molecular weight is 187 g/mol. The summed E-state index contributed by atoms with van der Waals surface area (Å²) < 4.78 is 0. The van der Waals surface area contributed by atoms with E-state index < -0.39 is 0 Å². The number of anilines is 2. The first-order valence-corrected chi connectivity index (χ1v) is 4.76. The van der Waals surface area contributed by atoms with Gasteiger partial charge in [-0.25, -0.2) is 0 Å². The highest BCUT2D eigenvalue weighted by atomic mass is 15.1. The molecule has 0 amide bonds. The maximum Gasteiger partial charge on any atom is 0.103 e. The van der Waals surface area contributed by atoms with E-state index in [0.717, 1.165) is 18.7 Å². The van der Waals surface area contributed by atoms with E-state index in [1.54, 1.807) is 0 Å². The third-order valence-electron chi connectivity index (χ3n) is 2.58. The highest BCUT2D eigenvalue weighted by molar-refractivity contribution is 5.63. The third-order valence-corrected chi connectivity index (χ3v) is 2.58. The molecule has 14 heavy (non-hydrogen) atoms. The van der Waals surface area contributed by atoms with Crippen LogP contribution in [0.25, 0.3) is 0 Å². The predicted molar refractivity (Wildman–Crippen MR) is 57.5 cm³/mol. The van der Waals surface area contributed by atoms with Gasteiger partial charge in [0, 0.05) is 25.0 Å². The summed E-state index contributed by atoms with van der Waals surface area (Å²) in [5.41, 5.74) is 3.73. The van der Waals surface area contributed by atoms with Crippen molar-refractivity contribution in [2.75, 3.05) is 30.4 Å². The van der Waals surface area contributed by atoms with Crippen molar-refractivity contribution in [2.45, 2.75) is 6.42 Å². The molecule has 0 fully saturated rings. The fourth-order valence-electron chi connectivity index (χ4n) is 1.82. The normalized spacial score (nSPS) is 13.6. The van der Waals surface area contributed by atoms with Gasteiger partial charge in [0.1, 0.15) is 6.54 Å². The Hall–Kier alpha value is -1.69. The number of nitrogens with one attached hydrogen (secondary N) is 1. The van der Waals surface area contributed by atoms with Crippen molar-refractivity contribution in [3.8, 4) is 6.07 Å². The zero-order valence-electron chi connectivity index (χ0n) is 8.25. The average Bonchev–Trinajstić information content (AvgIpc) is 2.57. The molecule has 1 heterocycles. The molecule has 0 saturated carbocycles. The molecular weight excluding hydrogens is 174 g/mol. The van der Waals surface area contributed by atoms with Gasteiger partial charge in [0.2, 0.25) is 0 Å². The molecule has 3 nitrogen and oxygen atoms in total. The first-order chi connectivity index (χ1) is 6.81. The Morgan fingerprint density at radius 1 is 1.57 bits per heavy atom. The Kier molecular flexibility index (Phi) is 2.28. The quantitative estimate of drug-likeness (QED) is 0.715. The molecule has 2 rings (SSSR count). The molecule has 0 saturated heterocycles. The Labute approximate surface area is 84.0 Å². The van der Waals surface area contributed by atoms with Crippen LogP contribution in [0.5, 0.6) is 0 Å². The minimum atomic E-state index is 0.370. The van der Waals surface area contributed by atoms with Gasteiger partial charge in [0.05, 0.1) is 6.07 Å². The fourth-order valence-corrected chi connectivity index (χ4v) is 1.82. The summed E-state index contributed by atoms with van der Waals surface area (Å²) in [4.78, 5) is 2.25. The lowest BCUT2D eigenvalue weighted by atomic mass is 10.1. The molecule has 0 aromatic heterocycles. The number of nitrogens with zero attached hydrogens (tertiary/aromatic N) is 2. The Bertz CT molecular complexity index is 379. The van der Waals surface area contributed by atoms with E-state index in [0.29, 0.717) is 6.54 Å². The van der Waals surface area contributed by atoms with Crippen molar-refractivity contribution in [2.24, 2.45) is 0 Å². The number of fused-ring (bicyclic) bond motifs is 1. The van der Waals surface area contributed by atoms with E-state index >= 15 is 0 Å². The van der Waals surface area contributed by atoms with Gasteiger partial charge in [0.15, 0.2) is 0 Å². The summed E-state index contributed by atoms with van der Waals surface area (Å²) in [7, 11) is 2.11. The molecule has 0 unspecified atom stereocenters. The summed E-state index contributed by atoms with van der Waals surface area (Å²) in [6.45, 7) is 1.46. The maximum atomic E-state index is 8.44. The largest absolute Gasteiger partial charge is 0.374 e. The number of hydrogen-bond acceptors (Lipinski definition) is 3. The van der Waals surface area contributed by atoms with Crippen molar-refractivity contribution < 1.29 is 0 Å². The highest BCUT2D eigenvalue weighted by Gasteiger charge is 2.14. The van der Waals surface area contributed by atoms with E-state index in [-0.39, 0.29) is 0 Å². The zero-order chi connectivity index (χ0) is 9.97. The van der Waals surface area contributed by atoms with E-state index in [1.165, 1.54) is 11.3 Å². The molecule has 1 aromatic rings. The van der Waals surface area contributed by atoms with E-state index in [9.17, 15) is 0 Å².